The number of nitrogens with two attached hydrogens (primary N) is 1. The molecule has 0 aliphatic rings. The second kappa shape index (κ2) is 5.65. The van der Waals surface area contributed by atoms with Crippen LogP contribution < -0.4 is 5.73 Å². The Morgan fingerprint density at radius 3 is 2.72 bits per heavy atom. The lowest BCUT2D eigenvalue weighted by Gasteiger charge is -2.13. The fraction of sp³-hybridized carbons (Fsp3) is 0.154. The highest BCUT2D eigenvalue weighted by atomic mass is 35.5. The third-order valence-electron chi connectivity index (χ3n) is 2.59. The number of benzene rings is 1. The van der Waals surface area contributed by atoms with Gasteiger partial charge in [0.15, 0.2) is 0 Å². The summed E-state index contributed by atoms with van der Waals surface area (Å²) in [6, 6.07) is 7.48. The highest BCUT2D eigenvalue weighted by Gasteiger charge is 2.14. The van der Waals surface area contributed by atoms with Crippen molar-refractivity contribution in [2.75, 3.05) is 0 Å². The fourth-order valence-corrected chi connectivity index (χ4v) is 2.18. The lowest BCUT2D eigenvalue weighted by Crippen LogP contribution is -2.16. The van der Waals surface area contributed by atoms with Crippen molar-refractivity contribution in [2.24, 2.45) is 5.73 Å². The first-order chi connectivity index (χ1) is 8.58. The van der Waals surface area contributed by atoms with E-state index in [-0.39, 0.29) is 5.69 Å². The van der Waals surface area contributed by atoms with Crippen molar-refractivity contribution >= 4 is 23.2 Å². The molecule has 0 amide bonds. The normalized spacial score (nSPS) is 12.4. The van der Waals surface area contributed by atoms with E-state index in [1.807, 2.05) is 0 Å². The Morgan fingerprint density at radius 2 is 2.06 bits per heavy atom. The van der Waals surface area contributed by atoms with Crippen LogP contribution in [0.3, 0.4) is 0 Å². The summed E-state index contributed by atoms with van der Waals surface area (Å²) in [5.74, 6) is -0.407. The molecule has 2 N–H and O–H groups in total. The smallest absolute Gasteiger partial charge is 0.146 e. The van der Waals surface area contributed by atoms with Gasteiger partial charge in [-0.2, -0.15) is 0 Å². The van der Waals surface area contributed by atoms with Crippen LogP contribution in [-0.2, 0) is 6.42 Å². The van der Waals surface area contributed by atoms with E-state index >= 15 is 0 Å². The van der Waals surface area contributed by atoms with Crippen LogP contribution in [0.15, 0.2) is 36.5 Å². The second-order valence-electron chi connectivity index (χ2n) is 3.92. The van der Waals surface area contributed by atoms with Crippen molar-refractivity contribution in [3.63, 3.8) is 0 Å². The monoisotopic (exact) mass is 284 g/mol. The average molecular weight is 285 g/mol. The maximum atomic E-state index is 13.5. The van der Waals surface area contributed by atoms with Crippen molar-refractivity contribution in [3.05, 3.63) is 63.6 Å². The number of rotatable bonds is 3. The molecule has 1 unspecified atom stereocenters. The van der Waals surface area contributed by atoms with E-state index in [2.05, 4.69) is 4.98 Å². The van der Waals surface area contributed by atoms with Crippen molar-refractivity contribution in [1.82, 2.24) is 4.98 Å². The highest BCUT2D eigenvalue weighted by Crippen LogP contribution is 2.25. The van der Waals surface area contributed by atoms with Gasteiger partial charge in [0.1, 0.15) is 5.82 Å². The quantitative estimate of drug-likeness (QED) is 0.932. The second-order valence-corrected chi connectivity index (χ2v) is 4.76. The largest absolute Gasteiger partial charge is 0.322 e. The van der Waals surface area contributed by atoms with Gasteiger partial charge in [0.2, 0.25) is 0 Å². The SMILES string of the molecule is NC(Cc1ccc(Cl)cc1Cl)c1ncccc1F. The van der Waals surface area contributed by atoms with Gasteiger partial charge >= 0.3 is 0 Å². The molecule has 5 heteroatoms. The zero-order valence-corrected chi connectivity index (χ0v) is 10.9. The minimum atomic E-state index is -0.537. The van der Waals surface area contributed by atoms with Crippen LogP contribution in [0.1, 0.15) is 17.3 Å². The first-order valence-electron chi connectivity index (χ1n) is 5.38. The molecule has 1 heterocycles. The first-order valence-corrected chi connectivity index (χ1v) is 6.13. The van der Waals surface area contributed by atoms with Crippen LogP contribution in [0.25, 0.3) is 0 Å². The molecule has 0 saturated heterocycles. The van der Waals surface area contributed by atoms with Gasteiger partial charge in [-0.25, -0.2) is 4.39 Å². The molecule has 2 rings (SSSR count). The number of aromatic nitrogens is 1. The molecule has 0 aliphatic heterocycles. The number of halogens is 3. The summed E-state index contributed by atoms with van der Waals surface area (Å²) >= 11 is 11.9. The Morgan fingerprint density at radius 1 is 1.28 bits per heavy atom. The van der Waals surface area contributed by atoms with E-state index in [1.165, 1.54) is 18.3 Å². The van der Waals surface area contributed by atoms with Gasteiger partial charge in [-0.3, -0.25) is 4.98 Å². The van der Waals surface area contributed by atoms with Crippen LogP contribution in [0.5, 0.6) is 0 Å². The van der Waals surface area contributed by atoms with E-state index in [9.17, 15) is 4.39 Å². The number of pyridine rings is 1. The predicted octanol–water partition coefficient (Wildman–Crippen LogP) is 3.77. The summed E-state index contributed by atoms with van der Waals surface area (Å²) in [6.07, 6.45) is 1.92. The lowest BCUT2D eigenvalue weighted by molar-refractivity contribution is 0.564. The van der Waals surface area contributed by atoms with Gasteiger partial charge in [-0.05, 0) is 36.2 Å². The molecule has 94 valence electrons. The van der Waals surface area contributed by atoms with Gasteiger partial charge < -0.3 is 5.73 Å². The molecule has 0 bridgehead atoms. The van der Waals surface area contributed by atoms with E-state index in [0.29, 0.717) is 16.5 Å². The topological polar surface area (TPSA) is 38.9 Å². The Balaban J connectivity index is 2.21. The molecule has 1 aromatic carbocycles. The van der Waals surface area contributed by atoms with Gasteiger partial charge in [-0.15, -0.1) is 0 Å². The summed E-state index contributed by atoms with van der Waals surface area (Å²) in [4.78, 5) is 3.95. The highest BCUT2D eigenvalue weighted by molar-refractivity contribution is 6.35. The van der Waals surface area contributed by atoms with Crippen molar-refractivity contribution < 1.29 is 4.39 Å². The van der Waals surface area contributed by atoms with Crippen molar-refractivity contribution in [3.8, 4) is 0 Å². The third kappa shape index (κ3) is 2.99. The molecule has 1 atom stereocenters. The summed E-state index contributed by atoms with van der Waals surface area (Å²) in [5.41, 5.74) is 7.00. The maximum absolute atomic E-state index is 13.5. The molecule has 0 saturated carbocycles. The van der Waals surface area contributed by atoms with Crippen LogP contribution in [-0.4, -0.2) is 4.98 Å². The van der Waals surface area contributed by atoms with Gasteiger partial charge in [0.05, 0.1) is 11.7 Å². The molecule has 1 aromatic heterocycles. The zero-order chi connectivity index (χ0) is 13.1. The van der Waals surface area contributed by atoms with Crippen molar-refractivity contribution in [2.45, 2.75) is 12.5 Å². The molecule has 0 spiro atoms. The minimum Gasteiger partial charge on any atom is -0.322 e. The zero-order valence-electron chi connectivity index (χ0n) is 9.41. The third-order valence-corrected chi connectivity index (χ3v) is 3.18. The molecular weight excluding hydrogens is 274 g/mol. The Bertz CT molecular complexity index is 560. The summed E-state index contributed by atoms with van der Waals surface area (Å²) in [7, 11) is 0. The van der Waals surface area contributed by atoms with Crippen molar-refractivity contribution in [1.29, 1.82) is 0 Å². The predicted molar refractivity (Wildman–Crippen MR) is 71.3 cm³/mol. The molecule has 2 nitrogen and oxygen atoms in total. The number of hydrogen-bond donors (Lipinski definition) is 1. The number of nitrogens with zero attached hydrogens (tertiary/aromatic N) is 1. The van der Waals surface area contributed by atoms with E-state index in [0.717, 1.165) is 5.56 Å². The van der Waals surface area contributed by atoms with Crippen LogP contribution in [0, 0.1) is 5.82 Å². The lowest BCUT2D eigenvalue weighted by atomic mass is 10.0. The van der Waals surface area contributed by atoms with Gasteiger partial charge in [-0.1, -0.05) is 29.3 Å². The maximum Gasteiger partial charge on any atom is 0.146 e. The molecule has 18 heavy (non-hydrogen) atoms. The summed E-state index contributed by atoms with van der Waals surface area (Å²) in [5, 5.41) is 1.08. The van der Waals surface area contributed by atoms with Gasteiger partial charge in [0, 0.05) is 16.2 Å². The minimum absolute atomic E-state index is 0.239. The van der Waals surface area contributed by atoms with E-state index < -0.39 is 11.9 Å². The molecular formula is C13H11Cl2FN2. The van der Waals surface area contributed by atoms with E-state index in [4.69, 9.17) is 28.9 Å². The average Bonchev–Trinajstić information content (AvgIpc) is 2.33. The first kappa shape index (κ1) is 13.3. The summed E-state index contributed by atoms with van der Waals surface area (Å²) in [6.45, 7) is 0. The Kier molecular flexibility index (Phi) is 4.17. The fourth-order valence-electron chi connectivity index (χ4n) is 1.69. The van der Waals surface area contributed by atoms with Gasteiger partial charge in [0.25, 0.3) is 0 Å². The Labute approximate surface area is 115 Å². The van der Waals surface area contributed by atoms with Crippen LogP contribution >= 0.6 is 23.2 Å². The van der Waals surface area contributed by atoms with Crippen LogP contribution in [0.4, 0.5) is 4.39 Å². The van der Waals surface area contributed by atoms with Crippen LogP contribution in [0.2, 0.25) is 10.0 Å². The molecule has 2 aromatic rings. The van der Waals surface area contributed by atoms with E-state index in [1.54, 1.807) is 18.2 Å². The molecule has 0 radical (unpaired) electrons. The standard InChI is InChI=1S/C13H11Cl2FN2/c14-9-4-3-8(10(15)7-9)6-12(17)13-11(16)2-1-5-18-13/h1-5,7,12H,6,17H2. The Hall–Kier alpha value is -1.16. The summed E-state index contributed by atoms with van der Waals surface area (Å²) < 4.78 is 13.5. The number of hydrogen-bond acceptors (Lipinski definition) is 2. The molecule has 0 fully saturated rings. The molecule has 0 aliphatic carbocycles.